The molecule has 136 valence electrons. The van der Waals surface area contributed by atoms with Crippen molar-refractivity contribution in [3.05, 3.63) is 35.4 Å². The molecule has 1 aromatic carbocycles. The van der Waals surface area contributed by atoms with Gasteiger partial charge in [0.2, 0.25) is 0 Å². The van der Waals surface area contributed by atoms with Gasteiger partial charge < -0.3 is 10.6 Å². The van der Waals surface area contributed by atoms with Crippen LogP contribution in [0.3, 0.4) is 0 Å². The minimum absolute atomic E-state index is 0. The molecule has 1 aliphatic rings. The van der Waals surface area contributed by atoms with Crippen LogP contribution in [0, 0.1) is 5.92 Å². The molecule has 0 aromatic heterocycles. The topological polar surface area (TPSA) is 44.9 Å². The molecule has 1 fully saturated rings. The van der Waals surface area contributed by atoms with Crippen LogP contribution in [0.15, 0.2) is 29.3 Å². The van der Waals surface area contributed by atoms with Crippen LogP contribution >= 0.6 is 24.0 Å². The van der Waals surface area contributed by atoms with Crippen LogP contribution in [0.4, 0.5) is 0 Å². The Balaban J connectivity index is 0.00000288. The highest BCUT2D eigenvalue weighted by molar-refractivity contribution is 14.0. The molecule has 0 saturated carbocycles. The third-order valence-corrected chi connectivity index (χ3v) is 4.85. The highest BCUT2D eigenvalue weighted by atomic mass is 127. The first-order valence-electron chi connectivity index (χ1n) is 8.97. The molecule has 1 aromatic rings. The van der Waals surface area contributed by atoms with Gasteiger partial charge in [0.25, 0.3) is 0 Å². The van der Waals surface area contributed by atoms with Crippen LogP contribution in [0.25, 0.3) is 0 Å². The van der Waals surface area contributed by atoms with Gasteiger partial charge in [0.05, 0.1) is 6.54 Å². The second-order valence-corrected chi connectivity index (χ2v) is 6.62. The predicted octanol–water partition coefficient (Wildman–Crippen LogP) is 3.69. The van der Waals surface area contributed by atoms with E-state index in [1.54, 1.807) is 0 Å². The van der Waals surface area contributed by atoms with E-state index in [4.69, 9.17) is 5.73 Å². The fourth-order valence-electron chi connectivity index (χ4n) is 2.97. The van der Waals surface area contributed by atoms with Gasteiger partial charge in [-0.15, -0.1) is 24.0 Å². The van der Waals surface area contributed by atoms with E-state index in [1.807, 2.05) is 0 Å². The number of rotatable bonds is 6. The SMILES string of the molecule is CCN(CC)Cc1ccc(CN=C(N)N2CCC(C)CC2)cc1.I. The maximum atomic E-state index is 6.14. The molecule has 0 atom stereocenters. The van der Waals surface area contributed by atoms with Crippen LogP contribution in [-0.2, 0) is 13.1 Å². The summed E-state index contributed by atoms with van der Waals surface area (Å²) in [7, 11) is 0. The van der Waals surface area contributed by atoms with E-state index in [0.717, 1.165) is 38.6 Å². The summed E-state index contributed by atoms with van der Waals surface area (Å²) >= 11 is 0. The third-order valence-electron chi connectivity index (χ3n) is 4.85. The highest BCUT2D eigenvalue weighted by Crippen LogP contribution is 2.16. The Hall–Kier alpha value is -0.820. The Morgan fingerprint density at radius 3 is 2.21 bits per heavy atom. The van der Waals surface area contributed by atoms with E-state index in [-0.39, 0.29) is 24.0 Å². The molecule has 0 unspecified atom stereocenters. The molecule has 0 bridgehead atoms. The molecule has 4 nitrogen and oxygen atoms in total. The number of hydrogen-bond acceptors (Lipinski definition) is 2. The highest BCUT2D eigenvalue weighted by Gasteiger charge is 2.16. The molecule has 0 spiro atoms. The van der Waals surface area contributed by atoms with Gasteiger partial charge >= 0.3 is 0 Å². The minimum atomic E-state index is 0. The summed E-state index contributed by atoms with van der Waals surface area (Å²) < 4.78 is 0. The first-order chi connectivity index (χ1) is 11.1. The molecule has 1 saturated heterocycles. The molecule has 0 amide bonds. The van der Waals surface area contributed by atoms with Crippen molar-refractivity contribution in [2.24, 2.45) is 16.6 Å². The van der Waals surface area contributed by atoms with Gasteiger partial charge in [-0.2, -0.15) is 0 Å². The Morgan fingerprint density at radius 1 is 1.12 bits per heavy atom. The number of guanidine groups is 1. The summed E-state index contributed by atoms with van der Waals surface area (Å²) in [5, 5.41) is 0. The lowest BCUT2D eigenvalue weighted by atomic mass is 10.00. The maximum Gasteiger partial charge on any atom is 0.191 e. The molecule has 5 heteroatoms. The summed E-state index contributed by atoms with van der Waals surface area (Å²) in [6, 6.07) is 8.77. The Bertz CT molecular complexity index is 489. The van der Waals surface area contributed by atoms with Gasteiger partial charge in [0.1, 0.15) is 0 Å². The average molecular weight is 444 g/mol. The van der Waals surface area contributed by atoms with Crippen LogP contribution in [0.2, 0.25) is 0 Å². The van der Waals surface area contributed by atoms with Gasteiger partial charge in [0, 0.05) is 19.6 Å². The van der Waals surface area contributed by atoms with Gasteiger partial charge in [-0.25, -0.2) is 4.99 Å². The van der Waals surface area contributed by atoms with Crippen molar-refractivity contribution in [3.8, 4) is 0 Å². The molecule has 0 aliphatic carbocycles. The number of aliphatic imine (C=N–C) groups is 1. The van der Waals surface area contributed by atoms with Crippen molar-refractivity contribution in [2.75, 3.05) is 26.2 Å². The zero-order chi connectivity index (χ0) is 16.7. The number of piperidine rings is 1. The van der Waals surface area contributed by atoms with Crippen molar-refractivity contribution in [3.63, 3.8) is 0 Å². The fourth-order valence-corrected chi connectivity index (χ4v) is 2.97. The van der Waals surface area contributed by atoms with E-state index >= 15 is 0 Å². The quantitative estimate of drug-likeness (QED) is 0.414. The van der Waals surface area contributed by atoms with E-state index in [0.29, 0.717) is 12.5 Å². The zero-order valence-electron chi connectivity index (χ0n) is 15.4. The Morgan fingerprint density at radius 2 is 1.67 bits per heavy atom. The predicted molar refractivity (Wildman–Crippen MR) is 114 cm³/mol. The lowest BCUT2D eigenvalue weighted by Gasteiger charge is -2.31. The van der Waals surface area contributed by atoms with E-state index in [2.05, 4.69) is 59.8 Å². The second-order valence-electron chi connectivity index (χ2n) is 6.62. The molecule has 24 heavy (non-hydrogen) atoms. The third kappa shape index (κ3) is 6.59. The van der Waals surface area contributed by atoms with E-state index in [1.165, 1.54) is 24.0 Å². The smallest absolute Gasteiger partial charge is 0.191 e. The number of halogens is 1. The molecule has 2 rings (SSSR count). The van der Waals surface area contributed by atoms with E-state index in [9.17, 15) is 0 Å². The zero-order valence-corrected chi connectivity index (χ0v) is 17.7. The first kappa shape index (κ1) is 21.2. The van der Waals surface area contributed by atoms with Crippen LogP contribution in [0.1, 0.15) is 44.7 Å². The monoisotopic (exact) mass is 444 g/mol. The lowest BCUT2D eigenvalue weighted by molar-refractivity contribution is 0.277. The molecular formula is C19H33IN4. The number of likely N-dealkylation sites (tertiary alicyclic amines) is 1. The Labute approximate surface area is 164 Å². The molecule has 0 radical (unpaired) electrons. The summed E-state index contributed by atoms with van der Waals surface area (Å²) in [6.45, 7) is 12.7. The molecule has 1 aliphatic heterocycles. The summed E-state index contributed by atoms with van der Waals surface area (Å²) in [6.07, 6.45) is 2.44. The van der Waals surface area contributed by atoms with Gasteiger partial charge in [0.15, 0.2) is 5.96 Å². The normalized spacial score (nSPS) is 16.3. The van der Waals surface area contributed by atoms with Gasteiger partial charge in [-0.3, -0.25) is 4.90 Å². The summed E-state index contributed by atoms with van der Waals surface area (Å²) in [4.78, 5) is 9.21. The fraction of sp³-hybridized carbons (Fsp3) is 0.632. The second kappa shape index (κ2) is 10.9. The van der Waals surface area contributed by atoms with Crippen LogP contribution in [0.5, 0.6) is 0 Å². The number of benzene rings is 1. The molecular weight excluding hydrogens is 411 g/mol. The number of nitrogens with two attached hydrogens (primary N) is 1. The Kier molecular flexibility index (Phi) is 9.66. The maximum absolute atomic E-state index is 6.14. The lowest BCUT2D eigenvalue weighted by Crippen LogP contribution is -2.42. The standard InChI is InChI=1S/C19H32N4.HI/c1-4-22(5-2)15-18-8-6-17(7-9-18)14-21-19(20)23-12-10-16(3)11-13-23;/h6-9,16H,4-5,10-15H2,1-3H3,(H2,20,21);1H. The first-order valence-corrected chi connectivity index (χ1v) is 8.97. The van der Waals surface area contributed by atoms with Crippen molar-refractivity contribution in [2.45, 2.75) is 46.7 Å². The van der Waals surface area contributed by atoms with Crippen molar-refractivity contribution < 1.29 is 0 Å². The summed E-state index contributed by atoms with van der Waals surface area (Å²) in [5.41, 5.74) is 8.73. The van der Waals surface area contributed by atoms with Crippen LogP contribution in [-0.4, -0.2) is 41.9 Å². The molecule has 2 N–H and O–H groups in total. The largest absolute Gasteiger partial charge is 0.370 e. The van der Waals surface area contributed by atoms with E-state index < -0.39 is 0 Å². The van der Waals surface area contributed by atoms with Crippen molar-refractivity contribution in [1.82, 2.24) is 9.80 Å². The summed E-state index contributed by atoms with van der Waals surface area (Å²) in [5.74, 6) is 1.52. The molecule has 1 heterocycles. The van der Waals surface area contributed by atoms with Crippen molar-refractivity contribution >= 4 is 29.9 Å². The van der Waals surface area contributed by atoms with Crippen molar-refractivity contribution in [1.29, 1.82) is 0 Å². The number of nitrogens with zero attached hydrogens (tertiary/aromatic N) is 3. The van der Waals surface area contributed by atoms with Crippen LogP contribution < -0.4 is 5.73 Å². The minimum Gasteiger partial charge on any atom is -0.370 e. The van der Waals surface area contributed by atoms with Gasteiger partial charge in [-0.05, 0) is 43.0 Å². The van der Waals surface area contributed by atoms with Gasteiger partial charge in [-0.1, -0.05) is 45.0 Å². The average Bonchev–Trinajstić information content (AvgIpc) is 2.59. The number of hydrogen-bond donors (Lipinski definition) is 1.